The standard InChI is InChI=1S/C14H14O2S/c1-10(15)14-12(9-17(2)16)8-7-11-5-3-4-6-13(11)14/h3-8H,9H2,1-2H3. The van der Waals surface area contributed by atoms with E-state index in [9.17, 15) is 9.00 Å². The quantitative estimate of drug-likeness (QED) is 0.780. The Morgan fingerprint density at radius 3 is 2.53 bits per heavy atom. The van der Waals surface area contributed by atoms with Crippen LogP contribution < -0.4 is 0 Å². The Morgan fingerprint density at radius 2 is 1.88 bits per heavy atom. The minimum atomic E-state index is -0.938. The van der Waals surface area contributed by atoms with Gasteiger partial charge in [0.05, 0.1) is 0 Å². The van der Waals surface area contributed by atoms with Crippen LogP contribution in [0.15, 0.2) is 36.4 Å². The molecule has 0 N–H and O–H groups in total. The smallest absolute Gasteiger partial charge is 0.160 e. The number of hydrogen-bond donors (Lipinski definition) is 0. The van der Waals surface area contributed by atoms with Crippen molar-refractivity contribution >= 4 is 27.4 Å². The molecule has 2 nitrogen and oxygen atoms in total. The van der Waals surface area contributed by atoms with Gasteiger partial charge in [0.2, 0.25) is 0 Å². The third-order valence-corrected chi connectivity index (χ3v) is 3.44. The average Bonchev–Trinajstić information content (AvgIpc) is 2.27. The molecule has 0 aliphatic carbocycles. The van der Waals surface area contributed by atoms with E-state index >= 15 is 0 Å². The number of carbonyl (C=O) groups excluding carboxylic acids is 1. The highest BCUT2D eigenvalue weighted by Crippen LogP contribution is 2.23. The van der Waals surface area contributed by atoms with Gasteiger partial charge in [0.15, 0.2) is 5.78 Å². The minimum absolute atomic E-state index is 0.0299. The van der Waals surface area contributed by atoms with Crippen LogP contribution in [0, 0.1) is 0 Å². The number of Topliss-reactive ketones (excluding diaryl/α,β-unsaturated/α-hetero) is 1. The number of hydrogen-bond acceptors (Lipinski definition) is 2. The molecule has 2 rings (SSSR count). The highest BCUT2D eigenvalue weighted by Gasteiger charge is 2.12. The monoisotopic (exact) mass is 246 g/mol. The van der Waals surface area contributed by atoms with Crippen molar-refractivity contribution in [2.45, 2.75) is 12.7 Å². The molecule has 0 aromatic heterocycles. The van der Waals surface area contributed by atoms with Crippen molar-refractivity contribution in [2.24, 2.45) is 0 Å². The van der Waals surface area contributed by atoms with Gasteiger partial charge in [-0.3, -0.25) is 9.00 Å². The normalized spacial score (nSPS) is 12.6. The van der Waals surface area contributed by atoms with E-state index in [-0.39, 0.29) is 5.78 Å². The predicted molar refractivity (Wildman–Crippen MR) is 71.7 cm³/mol. The van der Waals surface area contributed by atoms with Gasteiger partial charge in [0.1, 0.15) is 0 Å². The summed E-state index contributed by atoms with van der Waals surface area (Å²) in [6, 6.07) is 11.7. The second kappa shape index (κ2) is 4.80. The third-order valence-electron chi connectivity index (χ3n) is 2.73. The van der Waals surface area contributed by atoms with E-state index in [1.807, 2.05) is 36.4 Å². The van der Waals surface area contributed by atoms with Gasteiger partial charge in [0, 0.05) is 28.4 Å². The van der Waals surface area contributed by atoms with Crippen molar-refractivity contribution in [2.75, 3.05) is 6.26 Å². The van der Waals surface area contributed by atoms with Crippen LogP contribution in [0.1, 0.15) is 22.8 Å². The van der Waals surface area contributed by atoms with E-state index in [1.54, 1.807) is 13.2 Å². The second-order valence-corrected chi connectivity index (χ2v) is 5.53. The van der Waals surface area contributed by atoms with Crippen molar-refractivity contribution in [3.05, 3.63) is 47.5 Å². The molecule has 2 aromatic carbocycles. The van der Waals surface area contributed by atoms with Gasteiger partial charge >= 0.3 is 0 Å². The van der Waals surface area contributed by atoms with E-state index < -0.39 is 10.8 Å². The van der Waals surface area contributed by atoms with Gasteiger partial charge < -0.3 is 0 Å². The Bertz CT molecular complexity index is 602. The lowest BCUT2D eigenvalue weighted by Crippen LogP contribution is -2.03. The molecule has 1 atom stereocenters. The second-order valence-electron chi connectivity index (χ2n) is 4.09. The summed E-state index contributed by atoms with van der Waals surface area (Å²) in [5, 5.41) is 1.99. The molecule has 17 heavy (non-hydrogen) atoms. The molecule has 0 saturated carbocycles. The van der Waals surface area contributed by atoms with Gasteiger partial charge in [-0.1, -0.05) is 36.4 Å². The van der Waals surface area contributed by atoms with Crippen LogP contribution >= 0.6 is 0 Å². The number of ketones is 1. The number of carbonyl (C=O) groups is 1. The Labute approximate surface area is 103 Å². The summed E-state index contributed by atoms with van der Waals surface area (Å²) in [5.41, 5.74) is 1.58. The number of benzene rings is 2. The first-order valence-corrected chi connectivity index (χ1v) is 7.14. The predicted octanol–water partition coefficient (Wildman–Crippen LogP) is 2.92. The SMILES string of the molecule is CC(=O)c1c(CS(C)=O)ccc2ccccc12. The van der Waals surface area contributed by atoms with Crippen molar-refractivity contribution in [3.63, 3.8) is 0 Å². The molecule has 0 radical (unpaired) electrons. The summed E-state index contributed by atoms with van der Waals surface area (Å²) >= 11 is 0. The molecule has 2 aromatic rings. The molecule has 88 valence electrons. The highest BCUT2D eigenvalue weighted by atomic mass is 32.2. The molecule has 0 aliphatic rings. The molecule has 0 bridgehead atoms. The topological polar surface area (TPSA) is 34.1 Å². The average molecular weight is 246 g/mol. The fraction of sp³-hybridized carbons (Fsp3) is 0.214. The molecular formula is C14H14O2S. The van der Waals surface area contributed by atoms with Crippen molar-refractivity contribution in [1.29, 1.82) is 0 Å². The first-order chi connectivity index (χ1) is 8.09. The fourth-order valence-electron chi connectivity index (χ4n) is 2.07. The van der Waals surface area contributed by atoms with E-state index in [2.05, 4.69) is 0 Å². The molecule has 0 fully saturated rings. The van der Waals surface area contributed by atoms with Crippen LogP contribution in [0.3, 0.4) is 0 Å². The van der Waals surface area contributed by atoms with Crippen LogP contribution in [0.2, 0.25) is 0 Å². The van der Waals surface area contributed by atoms with E-state index in [0.29, 0.717) is 11.3 Å². The Kier molecular flexibility index (Phi) is 3.38. The summed E-state index contributed by atoms with van der Waals surface area (Å²) in [4.78, 5) is 11.8. The minimum Gasteiger partial charge on any atom is -0.294 e. The molecule has 3 heteroatoms. The van der Waals surface area contributed by atoms with E-state index in [1.165, 1.54) is 0 Å². The largest absolute Gasteiger partial charge is 0.294 e. The molecule has 1 unspecified atom stereocenters. The molecule has 0 heterocycles. The van der Waals surface area contributed by atoms with Crippen LogP contribution in [0.4, 0.5) is 0 Å². The van der Waals surface area contributed by atoms with Crippen LogP contribution in [-0.2, 0) is 16.6 Å². The van der Waals surface area contributed by atoms with Crippen molar-refractivity contribution < 1.29 is 9.00 Å². The lowest BCUT2D eigenvalue weighted by atomic mass is 9.97. The van der Waals surface area contributed by atoms with Crippen LogP contribution in [0.25, 0.3) is 10.8 Å². The number of rotatable bonds is 3. The zero-order valence-electron chi connectivity index (χ0n) is 9.90. The first kappa shape index (κ1) is 12.0. The molecule has 0 saturated heterocycles. The first-order valence-electron chi connectivity index (χ1n) is 5.41. The van der Waals surface area contributed by atoms with Crippen LogP contribution in [0.5, 0.6) is 0 Å². The maximum atomic E-state index is 11.8. The summed E-state index contributed by atoms with van der Waals surface area (Å²) < 4.78 is 11.3. The van der Waals surface area contributed by atoms with Gasteiger partial charge in [0.25, 0.3) is 0 Å². The molecule has 0 amide bonds. The summed E-state index contributed by atoms with van der Waals surface area (Å²) in [7, 11) is -0.938. The lowest BCUT2D eigenvalue weighted by Gasteiger charge is -2.09. The zero-order valence-corrected chi connectivity index (χ0v) is 10.7. The summed E-state index contributed by atoms with van der Waals surface area (Å²) in [5.74, 6) is 0.460. The van der Waals surface area contributed by atoms with Gasteiger partial charge in [-0.05, 0) is 23.3 Å². The third kappa shape index (κ3) is 2.44. The fourth-order valence-corrected chi connectivity index (χ4v) is 2.75. The molecule has 0 aliphatic heterocycles. The van der Waals surface area contributed by atoms with E-state index in [4.69, 9.17) is 0 Å². The molecular weight excluding hydrogens is 232 g/mol. The maximum Gasteiger partial charge on any atom is 0.160 e. The number of fused-ring (bicyclic) bond motifs is 1. The summed E-state index contributed by atoms with van der Waals surface area (Å²) in [6.45, 7) is 1.56. The zero-order chi connectivity index (χ0) is 12.4. The Balaban J connectivity index is 2.72. The van der Waals surface area contributed by atoms with Gasteiger partial charge in [-0.25, -0.2) is 0 Å². The van der Waals surface area contributed by atoms with Crippen molar-refractivity contribution in [3.8, 4) is 0 Å². The molecule has 0 spiro atoms. The maximum absolute atomic E-state index is 11.8. The van der Waals surface area contributed by atoms with Crippen molar-refractivity contribution in [1.82, 2.24) is 0 Å². The van der Waals surface area contributed by atoms with Gasteiger partial charge in [-0.15, -0.1) is 0 Å². The Morgan fingerprint density at radius 1 is 1.18 bits per heavy atom. The van der Waals surface area contributed by atoms with Crippen LogP contribution in [-0.4, -0.2) is 16.2 Å². The lowest BCUT2D eigenvalue weighted by molar-refractivity contribution is 0.101. The summed E-state index contributed by atoms with van der Waals surface area (Å²) in [6.07, 6.45) is 1.65. The Hall–Kier alpha value is -1.48. The van der Waals surface area contributed by atoms with E-state index in [0.717, 1.165) is 16.3 Å². The highest BCUT2D eigenvalue weighted by molar-refractivity contribution is 7.83. The van der Waals surface area contributed by atoms with Gasteiger partial charge in [-0.2, -0.15) is 0 Å².